The van der Waals surface area contributed by atoms with Gasteiger partial charge in [0.25, 0.3) is 0 Å². The van der Waals surface area contributed by atoms with Crippen molar-refractivity contribution in [1.29, 1.82) is 0 Å². The number of rotatable bonds is 3. The van der Waals surface area contributed by atoms with Gasteiger partial charge in [0.15, 0.2) is 0 Å². The van der Waals surface area contributed by atoms with E-state index in [1.165, 1.54) is 12.4 Å². The second-order valence-electron chi connectivity index (χ2n) is 2.19. The summed E-state index contributed by atoms with van der Waals surface area (Å²) < 4.78 is 0.519. The smallest absolute Gasteiger partial charge is 0.392 e. The van der Waals surface area contributed by atoms with Gasteiger partial charge in [-0.15, -0.1) is 0 Å². The number of nitrogens with one attached hydrogen (secondary N) is 1. The topological polar surface area (TPSA) is 98.1 Å². The number of nitrogen functional groups attached to an aromatic ring is 1. The second-order valence-corrected chi connectivity index (χ2v) is 2.19. The Balaban J connectivity index is 2.72. The normalized spacial score (nSPS) is 9.75. The van der Waals surface area contributed by atoms with Crippen LogP contribution in [0.15, 0.2) is 12.4 Å². The summed E-state index contributed by atoms with van der Waals surface area (Å²) in [6, 6.07) is 0. The summed E-state index contributed by atoms with van der Waals surface area (Å²) >= 11 is 0. The highest BCUT2D eigenvalue weighted by Crippen LogP contribution is 1.97. The molecule has 0 unspecified atom stereocenters. The molecule has 0 aromatic carbocycles. The first-order valence-corrected chi connectivity index (χ1v) is 3.43. The molecule has 66 valence electrons. The van der Waals surface area contributed by atoms with Crippen molar-refractivity contribution in [3.63, 3.8) is 0 Å². The minimum Gasteiger partial charge on any atom is -0.740 e. The fourth-order valence-corrected chi connectivity index (χ4v) is 0.714. The number of aliphatic hydroxyl groups excluding tert-OH is 1. The molecular weight excluding hydrogens is 160 g/mol. The third-order valence-electron chi connectivity index (χ3n) is 1.21. The van der Waals surface area contributed by atoms with Gasteiger partial charge in [-0.2, -0.15) is 0 Å². The molecule has 12 heavy (non-hydrogen) atoms. The van der Waals surface area contributed by atoms with Gasteiger partial charge in [0.05, 0.1) is 25.0 Å². The lowest BCUT2D eigenvalue weighted by atomic mass is 10.5. The molecule has 0 amide bonds. The fraction of sp³-hybridized carbons (Fsp3) is 0.333. The maximum atomic E-state index is 11.0. The van der Waals surface area contributed by atoms with Crippen LogP contribution in [0, 0.1) is 5.21 Å². The van der Waals surface area contributed by atoms with Crippen LogP contribution in [-0.2, 0) is 0 Å². The number of nitrogens with two attached hydrogens (primary N) is 1. The van der Waals surface area contributed by atoms with Crippen LogP contribution < -0.4 is 15.8 Å². The largest absolute Gasteiger partial charge is 0.740 e. The standard InChI is InChI=1S/C6H10N4O2/c7-5-3-9-6(8-1-2-11)10(12)4-5/h3-4,11H,1-2,7H2,(H,8,9). The van der Waals surface area contributed by atoms with Crippen LogP contribution in [0.4, 0.5) is 11.6 Å². The molecule has 0 aliphatic carbocycles. The summed E-state index contributed by atoms with van der Waals surface area (Å²) in [7, 11) is 0. The Morgan fingerprint density at radius 2 is 2.50 bits per heavy atom. The molecule has 4 N–H and O–H groups in total. The van der Waals surface area contributed by atoms with Crippen molar-refractivity contribution in [3.8, 4) is 0 Å². The van der Waals surface area contributed by atoms with Crippen molar-refractivity contribution in [1.82, 2.24) is 4.98 Å². The van der Waals surface area contributed by atoms with E-state index in [1.54, 1.807) is 0 Å². The Hall–Kier alpha value is -1.56. The lowest BCUT2D eigenvalue weighted by Crippen LogP contribution is -2.32. The van der Waals surface area contributed by atoms with Crippen molar-refractivity contribution in [2.75, 3.05) is 24.2 Å². The van der Waals surface area contributed by atoms with Gasteiger partial charge < -0.3 is 16.0 Å². The van der Waals surface area contributed by atoms with Gasteiger partial charge >= 0.3 is 5.95 Å². The first kappa shape index (κ1) is 8.54. The second kappa shape index (κ2) is 3.72. The summed E-state index contributed by atoms with van der Waals surface area (Å²) in [6.45, 7) is 0.241. The van der Waals surface area contributed by atoms with Gasteiger partial charge in [-0.3, -0.25) is 5.32 Å². The van der Waals surface area contributed by atoms with Gasteiger partial charge in [-0.25, -0.2) is 4.73 Å². The molecule has 1 aromatic heterocycles. The summed E-state index contributed by atoms with van der Waals surface area (Å²) in [5.41, 5.74) is 5.60. The molecule has 0 saturated carbocycles. The van der Waals surface area contributed by atoms with E-state index in [1.807, 2.05) is 0 Å². The van der Waals surface area contributed by atoms with E-state index in [0.717, 1.165) is 0 Å². The van der Waals surface area contributed by atoms with Gasteiger partial charge in [0.1, 0.15) is 6.20 Å². The Labute approximate surface area is 69.2 Å². The molecular formula is C6H10N4O2. The van der Waals surface area contributed by atoms with Crippen LogP contribution in [0.25, 0.3) is 0 Å². The van der Waals surface area contributed by atoms with Crippen molar-refractivity contribution in [2.24, 2.45) is 0 Å². The Bertz CT molecular complexity index is 266. The van der Waals surface area contributed by atoms with E-state index in [0.29, 0.717) is 17.0 Å². The van der Waals surface area contributed by atoms with E-state index in [2.05, 4.69) is 10.3 Å². The molecule has 1 heterocycles. The van der Waals surface area contributed by atoms with Crippen LogP contribution in [0.2, 0.25) is 0 Å². The maximum absolute atomic E-state index is 11.0. The zero-order chi connectivity index (χ0) is 8.97. The monoisotopic (exact) mass is 170 g/mol. The van der Waals surface area contributed by atoms with E-state index < -0.39 is 0 Å². The molecule has 6 heteroatoms. The Morgan fingerprint density at radius 3 is 3.08 bits per heavy atom. The van der Waals surface area contributed by atoms with E-state index in [-0.39, 0.29) is 12.6 Å². The SMILES string of the molecule is Nc1cnc(NCCO)[n+]([O-])c1. The number of nitrogens with zero attached hydrogens (tertiary/aromatic N) is 2. The van der Waals surface area contributed by atoms with Gasteiger partial charge in [0.2, 0.25) is 0 Å². The fourth-order valence-electron chi connectivity index (χ4n) is 0.714. The van der Waals surface area contributed by atoms with Crippen molar-refractivity contribution < 1.29 is 9.84 Å². The van der Waals surface area contributed by atoms with Crippen molar-refractivity contribution >= 4 is 11.6 Å². The summed E-state index contributed by atoms with van der Waals surface area (Å²) in [6.07, 6.45) is 2.57. The number of anilines is 2. The molecule has 0 fully saturated rings. The van der Waals surface area contributed by atoms with Crippen LogP contribution >= 0.6 is 0 Å². The first-order chi connectivity index (χ1) is 5.74. The average Bonchev–Trinajstić information content (AvgIpc) is 2.03. The summed E-state index contributed by atoms with van der Waals surface area (Å²) in [4.78, 5) is 3.72. The third-order valence-corrected chi connectivity index (χ3v) is 1.21. The van der Waals surface area contributed by atoms with Crippen LogP contribution in [0.3, 0.4) is 0 Å². The number of hydrogen-bond donors (Lipinski definition) is 3. The van der Waals surface area contributed by atoms with Crippen molar-refractivity contribution in [2.45, 2.75) is 0 Å². The first-order valence-electron chi connectivity index (χ1n) is 3.43. The van der Waals surface area contributed by atoms with E-state index in [4.69, 9.17) is 10.8 Å². The molecule has 0 atom stereocenters. The minimum atomic E-state index is -0.0495. The average molecular weight is 170 g/mol. The number of hydrogen-bond acceptors (Lipinski definition) is 5. The zero-order valence-electron chi connectivity index (χ0n) is 6.40. The number of aliphatic hydroxyl groups is 1. The molecule has 1 rings (SSSR count). The molecule has 1 aromatic rings. The zero-order valence-corrected chi connectivity index (χ0v) is 6.40. The van der Waals surface area contributed by atoms with E-state index >= 15 is 0 Å². The quantitative estimate of drug-likeness (QED) is 0.387. The van der Waals surface area contributed by atoms with Gasteiger partial charge in [-0.05, 0) is 0 Å². The van der Waals surface area contributed by atoms with Crippen LogP contribution in [0.1, 0.15) is 0 Å². The molecule has 0 saturated heterocycles. The molecule has 6 nitrogen and oxygen atoms in total. The maximum Gasteiger partial charge on any atom is 0.392 e. The van der Waals surface area contributed by atoms with Crippen LogP contribution in [0.5, 0.6) is 0 Å². The molecule has 0 radical (unpaired) electrons. The van der Waals surface area contributed by atoms with Crippen molar-refractivity contribution in [3.05, 3.63) is 17.6 Å². The van der Waals surface area contributed by atoms with E-state index in [9.17, 15) is 5.21 Å². The lowest BCUT2D eigenvalue weighted by Gasteiger charge is -2.07. The molecule has 0 aliphatic rings. The molecule has 0 bridgehead atoms. The lowest BCUT2D eigenvalue weighted by molar-refractivity contribution is -0.592. The minimum absolute atomic E-state index is 0.0495. The summed E-state index contributed by atoms with van der Waals surface area (Å²) in [5.74, 6) is 0.137. The highest BCUT2D eigenvalue weighted by atomic mass is 16.5. The number of aromatic nitrogens is 2. The Kier molecular flexibility index (Phi) is 2.65. The highest BCUT2D eigenvalue weighted by molar-refractivity contribution is 5.31. The summed E-state index contributed by atoms with van der Waals surface area (Å²) in [5, 5.41) is 22.0. The van der Waals surface area contributed by atoms with Gasteiger partial charge in [-0.1, -0.05) is 4.98 Å². The molecule has 0 spiro atoms. The predicted octanol–water partition coefficient (Wildman–Crippen LogP) is -1.30. The van der Waals surface area contributed by atoms with Crippen LogP contribution in [-0.4, -0.2) is 23.2 Å². The predicted molar refractivity (Wildman–Crippen MR) is 43.2 cm³/mol. The van der Waals surface area contributed by atoms with Gasteiger partial charge in [0, 0.05) is 0 Å². The highest BCUT2D eigenvalue weighted by Gasteiger charge is 2.03. The third kappa shape index (κ3) is 1.96. The Morgan fingerprint density at radius 1 is 1.75 bits per heavy atom. The molecule has 0 aliphatic heterocycles.